The molecule has 0 atom stereocenters. The molecule has 0 amide bonds. The Morgan fingerprint density at radius 3 is 2.64 bits per heavy atom. The summed E-state index contributed by atoms with van der Waals surface area (Å²) in [5.74, 6) is 0.956. The second-order valence-electron chi connectivity index (χ2n) is 2.04. The van der Waals surface area contributed by atoms with Crippen molar-refractivity contribution >= 4 is 11.8 Å². The van der Waals surface area contributed by atoms with Crippen molar-refractivity contribution in [2.24, 2.45) is 0 Å². The number of phenols is 1. The van der Waals surface area contributed by atoms with Gasteiger partial charge in [0.25, 0.3) is 0 Å². The number of benzene rings is 1. The fourth-order valence-electron chi connectivity index (χ4n) is 0.797. The molecule has 0 aliphatic heterocycles. The van der Waals surface area contributed by atoms with Gasteiger partial charge >= 0.3 is 0 Å². The van der Waals surface area contributed by atoms with Crippen LogP contribution in [0.1, 0.15) is 0 Å². The molecule has 2 nitrogen and oxygen atoms in total. The van der Waals surface area contributed by atoms with E-state index in [-0.39, 0.29) is 5.75 Å². The quantitative estimate of drug-likeness (QED) is 0.689. The molecule has 0 aliphatic rings. The molecule has 0 unspecified atom stereocenters. The normalized spacial score (nSPS) is 9.64. The predicted octanol–water partition coefficient (Wildman–Crippen LogP) is 2.12. The summed E-state index contributed by atoms with van der Waals surface area (Å²) in [5.41, 5.74) is 0. The molecule has 1 rings (SSSR count). The van der Waals surface area contributed by atoms with Crippen LogP contribution in [0, 0.1) is 0 Å². The smallest absolute Gasteiger partial charge is 0.132 e. The van der Waals surface area contributed by atoms with E-state index in [1.807, 2.05) is 18.4 Å². The van der Waals surface area contributed by atoms with Crippen molar-refractivity contribution in [2.75, 3.05) is 13.4 Å². The van der Waals surface area contributed by atoms with Gasteiger partial charge in [0.1, 0.15) is 11.5 Å². The minimum atomic E-state index is 0.275. The zero-order chi connectivity index (χ0) is 8.27. The molecule has 1 aromatic rings. The Morgan fingerprint density at radius 2 is 2.18 bits per heavy atom. The van der Waals surface area contributed by atoms with E-state index in [9.17, 15) is 5.11 Å². The largest absolute Gasteiger partial charge is 0.507 e. The molecule has 3 heteroatoms. The first-order chi connectivity index (χ1) is 5.27. The zero-order valence-electron chi connectivity index (χ0n) is 6.50. The second-order valence-corrected chi connectivity index (χ2v) is 2.89. The molecular formula is C8H10O2S. The Bertz CT molecular complexity index is 248. The summed E-state index contributed by atoms with van der Waals surface area (Å²) in [5, 5.41) is 9.32. The van der Waals surface area contributed by atoms with E-state index >= 15 is 0 Å². The minimum absolute atomic E-state index is 0.275. The lowest BCUT2D eigenvalue weighted by atomic mass is 10.3. The number of rotatable bonds is 2. The highest BCUT2D eigenvalue weighted by Gasteiger charge is 1.99. The van der Waals surface area contributed by atoms with Crippen molar-refractivity contribution < 1.29 is 9.84 Å². The second kappa shape index (κ2) is 3.53. The number of hydrogen-bond acceptors (Lipinski definition) is 3. The van der Waals surface area contributed by atoms with Gasteiger partial charge in [-0.1, -0.05) is 0 Å². The molecule has 11 heavy (non-hydrogen) atoms. The van der Waals surface area contributed by atoms with Gasteiger partial charge in [-0.2, -0.15) is 0 Å². The predicted molar refractivity (Wildman–Crippen MR) is 46.4 cm³/mol. The highest BCUT2D eigenvalue weighted by atomic mass is 32.2. The number of phenolic OH excluding ortho intramolecular Hbond substituents is 1. The minimum Gasteiger partial charge on any atom is -0.507 e. The molecule has 0 spiro atoms. The van der Waals surface area contributed by atoms with Crippen LogP contribution in [0.15, 0.2) is 23.1 Å². The lowest BCUT2D eigenvalue weighted by Gasteiger charge is -2.03. The molecule has 0 radical (unpaired) electrons. The van der Waals surface area contributed by atoms with Gasteiger partial charge in [-0.05, 0) is 18.4 Å². The third-order valence-corrected chi connectivity index (χ3v) is 2.17. The average Bonchev–Trinajstić information content (AvgIpc) is 2.04. The molecule has 0 aromatic heterocycles. The van der Waals surface area contributed by atoms with Crippen LogP contribution in [0.2, 0.25) is 0 Å². The molecule has 0 saturated heterocycles. The van der Waals surface area contributed by atoms with E-state index in [0.29, 0.717) is 5.75 Å². The maximum absolute atomic E-state index is 9.32. The molecule has 1 N–H and O–H groups in total. The lowest BCUT2D eigenvalue weighted by Crippen LogP contribution is -1.81. The first kappa shape index (κ1) is 8.27. The van der Waals surface area contributed by atoms with Gasteiger partial charge in [-0.3, -0.25) is 0 Å². The standard InChI is InChI=1S/C8H10O2S/c1-10-6-3-4-8(11-2)7(9)5-6/h3-5,9H,1-2H3. The molecule has 0 bridgehead atoms. The van der Waals surface area contributed by atoms with Gasteiger partial charge in [0, 0.05) is 11.0 Å². The van der Waals surface area contributed by atoms with E-state index < -0.39 is 0 Å². The van der Waals surface area contributed by atoms with E-state index in [1.165, 1.54) is 11.8 Å². The van der Waals surface area contributed by atoms with Crippen LogP contribution in [-0.4, -0.2) is 18.5 Å². The van der Waals surface area contributed by atoms with Gasteiger partial charge in [0.2, 0.25) is 0 Å². The molecule has 60 valence electrons. The third-order valence-electron chi connectivity index (χ3n) is 1.39. The number of aromatic hydroxyl groups is 1. The van der Waals surface area contributed by atoms with Crippen molar-refractivity contribution in [1.82, 2.24) is 0 Å². The Balaban J connectivity index is 2.99. The van der Waals surface area contributed by atoms with E-state index in [1.54, 1.807) is 13.2 Å². The van der Waals surface area contributed by atoms with Crippen LogP contribution < -0.4 is 4.74 Å². The zero-order valence-corrected chi connectivity index (χ0v) is 7.31. The Morgan fingerprint density at radius 1 is 1.45 bits per heavy atom. The van der Waals surface area contributed by atoms with Crippen molar-refractivity contribution in [3.8, 4) is 11.5 Å². The van der Waals surface area contributed by atoms with Gasteiger partial charge in [-0.25, -0.2) is 0 Å². The number of methoxy groups -OCH3 is 1. The van der Waals surface area contributed by atoms with Gasteiger partial charge in [-0.15, -0.1) is 11.8 Å². The SMILES string of the molecule is COc1ccc(SC)c(O)c1. The summed E-state index contributed by atoms with van der Waals surface area (Å²) in [4.78, 5) is 0.866. The maximum atomic E-state index is 9.32. The summed E-state index contributed by atoms with van der Waals surface area (Å²) < 4.78 is 4.93. The first-order valence-electron chi connectivity index (χ1n) is 3.19. The third kappa shape index (κ3) is 1.80. The number of thioether (sulfide) groups is 1. The Labute approximate surface area is 70.2 Å². The van der Waals surface area contributed by atoms with E-state index in [2.05, 4.69) is 0 Å². The van der Waals surface area contributed by atoms with Gasteiger partial charge in [0.15, 0.2) is 0 Å². The topological polar surface area (TPSA) is 29.5 Å². The summed E-state index contributed by atoms with van der Waals surface area (Å²) in [6.45, 7) is 0. The molecule has 0 fully saturated rings. The van der Waals surface area contributed by atoms with Gasteiger partial charge in [0.05, 0.1) is 7.11 Å². The molecule has 0 heterocycles. The van der Waals surface area contributed by atoms with Gasteiger partial charge < -0.3 is 9.84 Å². The molecule has 0 saturated carbocycles. The Kier molecular flexibility index (Phi) is 2.65. The summed E-state index contributed by atoms with van der Waals surface area (Å²) in [6, 6.07) is 5.26. The fraction of sp³-hybridized carbons (Fsp3) is 0.250. The number of ether oxygens (including phenoxy) is 1. The summed E-state index contributed by atoms with van der Waals surface area (Å²) in [7, 11) is 1.58. The lowest BCUT2D eigenvalue weighted by molar-refractivity contribution is 0.405. The van der Waals surface area contributed by atoms with Crippen molar-refractivity contribution in [2.45, 2.75) is 4.90 Å². The van der Waals surface area contributed by atoms with Crippen LogP contribution >= 0.6 is 11.8 Å². The number of hydrogen-bond donors (Lipinski definition) is 1. The Hall–Kier alpha value is -0.830. The molecular weight excluding hydrogens is 160 g/mol. The van der Waals surface area contributed by atoms with E-state index in [0.717, 1.165) is 4.90 Å². The van der Waals surface area contributed by atoms with E-state index in [4.69, 9.17) is 4.74 Å². The monoisotopic (exact) mass is 170 g/mol. The molecule has 0 aliphatic carbocycles. The average molecular weight is 170 g/mol. The van der Waals surface area contributed by atoms with Crippen molar-refractivity contribution in [3.05, 3.63) is 18.2 Å². The van der Waals surface area contributed by atoms with Crippen molar-refractivity contribution in [3.63, 3.8) is 0 Å². The highest BCUT2D eigenvalue weighted by Crippen LogP contribution is 2.29. The van der Waals surface area contributed by atoms with Crippen LogP contribution in [0.3, 0.4) is 0 Å². The summed E-state index contributed by atoms with van der Waals surface area (Å²) in [6.07, 6.45) is 1.92. The summed E-state index contributed by atoms with van der Waals surface area (Å²) >= 11 is 1.51. The van der Waals surface area contributed by atoms with Crippen molar-refractivity contribution in [1.29, 1.82) is 0 Å². The first-order valence-corrected chi connectivity index (χ1v) is 4.41. The molecule has 1 aromatic carbocycles. The van der Waals surface area contributed by atoms with Crippen LogP contribution in [-0.2, 0) is 0 Å². The van der Waals surface area contributed by atoms with Crippen LogP contribution in [0.4, 0.5) is 0 Å². The highest BCUT2D eigenvalue weighted by molar-refractivity contribution is 7.98. The van der Waals surface area contributed by atoms with Crippen LogP contribution in [0.5, 0.6) is 11.5 Å². The fourth-order valence-corrected chi connectivity index (χ4v) is 1.27. The maximum Gasteiger partial charge on any atom is 0.132 e. The van der Waals surface area contributed by atoms with Crippen LogP contribution in [0.25, 0.3) is 0 Å².